The zero-order chi connectivity index (χ0) is 12.8. The summed E-state index contributed by atoms with van der Waals surface area (Å²) in [6.07, 6.45) is 7.59. The van der Waals surface area contributed by atoms with Crippen molar-refractivity contribution in [2.45, 2.75) is 57.9 Å². The highest BCUT2D eigenvalue weighted by atomic mass is 32.1. The predicted molar refractivity (Wildman–Crippen MR) is 76.8 cm³/mol. The Morgan fingerprint density at radius 3 is 3.11 bits per heavy atom. The third-order valence-electron chi connectivity index (χ3n) is 3.71. The second kappa shape index (κ2) is 6.93. The van der Waals surface area contributed by atoms with Crippen LogP contribution in [0.4, 0.5) is 0 Å². The number of aryl methyl sites for hydroxylation is 1. The van der Waals surface area contributed by atoms with Gasteiger partial charge in [0, 0.05) is 17.3 Å². The largest absolute Gasteiger partial charge is 0.353 e. The first-order valence-corrected chi connectivity index (χ1v) is 7.94. The first-order valence-electron chi connectivity index (χ1n) is 7.06. The van der Waals surface area contributed by atoms with Gasteiger partial charge in [-0.2, -0.15) is 0 Å². The Balaban J connectivity index is 1.62. The molecule has 1 N–H and O–H groups in total. The number of hydrogen-bond acceptors (Lipinski definition) is 2. The minimum atomic E-state index is 0.241. The maximum atomic E-state index is 11.8. The van der Waals surface area contributed by atoms with E-state index in [0.717, 1.165) is 25.2 Å². The molecule has 100 valence electrons. The van der Waals surface area contributed by atoms with E-state index in [1.807, 2.05) is 0 Å². The molecule has 0 aromatic carbocycles. The van der Waals surface area contributed by atoms with E-state index in [-0.39, 0.29) is 5.91 Å². The smallest absolute Gasteiger partial charge is 0.220 e. The van der Waals surface area contributed by atoms with Crippen molar-refractivity contribution in [2.75, 3.05) is 0 Å². The van der Waals surface area contributed by atoms with E-state index in [4.69, 9.17) is 0 Å². The second-order valence-corrected chi connectivity index (χ2v) is 6.50. The highest BCUT2D eigenvalue weighted by Gasteiger charge is 2.19. The van der Waals surface area contributed by atoms with Crippen LogP contribution < -0.4 is 5.32 Å². The third-order valence-corrected chi connectivity index (χ3v) is 4.64. The number of carbonyl (C=O) groups is 1. The summed E-state index contributed by atoms with van der Waals surface area (Å²) in [5, 5.41) is 5.29. The lowest BCUT2D eigenvalue weighted by atomic mass is 9.87. The van der Waals surface area contributed by atoms with Crippen LogP contribution in [0.15, 0.2) is 17.5 Å². The summed E-state index contributed by atoms with van der Waals surface area (Å²) >= 11 is 1.78. The first kappa shape index (κ1) is 13.6. The molecule has 1 aliphatic carbocycles. The number of nitrogens with one attached hydrogen (secondary N) is 1. The van der Waals surface area contributed by atoms with Crippen molar-refractivity contribution >= 4 is 17.2 Å². The van der Waals surface area contributed by atoms with Crippen molar-refractivity contribution in [3.05, 3.63) is 22.4 Å². The molecule has 1 fully saturated rings. The topological polar surface area (TPSA) is 29.1 Å². The number of amides is 1. The van der Waals surface area contributed by atoms with Gasteiger partial charge in [-0.15, -0.1) is 11.3 Å². The summed E-state index contributed by atoms with van der Waals surface area (Å²) in [5.41, 5.74) is 0. The maximum absolute atomic E-state index is 11.8. The lowest BCUT2D eigenvalue weighted by molar-refractivity contribution is -0.122. The molecule has 0 spiro atoms. The molecule has 2 rings (SSSR count). The maximum Gasteiger partial charge on any atom is 0.220 e. The van der Waals surface area contributed by atoms with Crippen LogP contribution in [0, 0.1) is 5.92 Å². The average Bonchev–Trinajstić information content (AvgIpc) is 2.82. The molecular formula is C15H23NOS. The van der Waals surface area contributed by atoms with E-state index in [9.17, 15) is 4.79 Å². The summed E-state index contributed by atoms with van der Waals surface area (Å²) in [6.45, 7) is 2.29. The van der Waals surface area contributed by atoms with E-state index >= 15 is 0 Å². The number of carbonyl (C=O) groups excluding carboxylic acids is 1. The van der Waals surface area contributed by atoms with Crippen LogP contribution in [0.3, 0.4) is 0 Å². The fourth-order valence-corrected chi connectivity index (χ4v) is 3.49. The second-order valence-electron chi connectivity index (χ2n) is 5.47. The SMILES string of the molecule is CC1CCCC(NC(=O)CCCc2cccs2)C1. The molecule has 1 aliphatic rings. The van der Waals surface area contributed by atoms with Gasteiger partial charge in [-0.1, -0.05) is 25.8 Å². The van der Waals surface area contributed by atoms with E-state index in [1.54, 1.807) is 11.3 Å². The molecule has 18 heavy (non-hydrogen) atoms. The van der Waals surface area contributed by atoms with Gasteiger partial charge >= 0.3 is 0 Å². The first-order chi connectivity index (χ1) is 8.74. The van der Waals surface area contributed by atoms with Crippen molar-refractivity contribution in [3.8, 4) is 0 Å². The summed E-state index contributed by atoms with van der Waals surface area (Å²) in [5.74, 6) is 1.01. The average molecular weight is 265 g/mol. The predicted octanol–water partition coefficient (Wildman–Crippen LogP) is 3.77. The fourth-order valence-electron chi connectivity index (χ4n) is 2.74. The van der Waals surface area contributed by atoms with Gasteiger partial charge in [-0.05, 0) is 43.0 Å². The molecule has 0 saturated heterocycles. The normalized spacial score (nSPS) is 23.8. The summed E-state index contributed by atoms with van der Waals surface area (Å²) < 4.78 is 0. The zero-order valence-corrected chi connectivity index (χ0v) is 12.0. The Kier molecular flexibility index (Phi) is 5.24. The van der Waals surface area contributed by atoms with Crippen LogP contribution in [0.1, 0.15) is 50.3 Å². The minimum Gasteiger partial charge on any atom is -0.353 e. The van der Waals surface area contributed by atoms with E-state index < -0.39 is 0 Å². The van der Waals surface area contributed by atoms with Crippen molar-refractivity contribution in [1.29, 1.82) is 0 Å². The lowest BCUT2D eigenvalue weighted by Crippen LogP contribution is -2.37. The Bertz CT molecular complexity index is 361. The molecule has 0 aliphatic heterocycles. The van der Waals surface area contributed by atoms with E-state index in [0.29, 0.717) is 12.5 Å². The van der Waals surface area contributed by atoms with Crippen molar-refractivity contribution in [1.82, 2.24) is 5.32 Å². The molecule has 1 amide bonds. The van der Waals surface area contributed by atoms with E-state index in [1.165, 1.54) is 24.1 Å². The number of hydrogen-bond donors (Lipinski definition) is 1. The van der Waals surface area contributed by atoms with Gasteiger partial charge in [0.2, 0.25) is 5.91 Å². The number of rotatable bonds is 5. The molecule has 2 unspecified atom stereocenters. The van der Waals surface area contributed by atoms with Gasteiger partial charge in [0.05, 0.1) is 0 Å². The molecule has 0 bridgehead atoms. The molecule has 2 atom stereocenters. The Hall–Kier alpha value is -0.830. The third kappa shape index (κ3) is 4.45. The standard InChI is InChI=1S/C15H23NOS/c1-12-5-2-6-13(11-12)16-15(17)9-3-7-14-8-4-10-18-14/h4,8,10,12-13H,2-3,5-7,9,11H2,1H3,(H,16,17). The van der Waals surface area contributed by atoms with Crippen molar-refractivity contribution < 1.29 is 4.79 Å². The van der Waals surface area contributed by atoms with Gasteiger partial charge < -0.3 is 5.32 Å². The Morgan fingerprint density at radius 1 is 1.50 bits per heavy atom. The summed E-state index contributed by atoms with van der Waals surface area (Å²) in [6, 6.07) is 4.65. The summed E-state index contributed by atoms with van der Waals surface area (Å²) in [7, 11) is 0. The molecule has 1 heterocycles. The molecule has 2 nitrogen and oxygen atoms in total. The Morgan fingerprint density at radius 2 is 2.39 bits per heavy atom. The highest BCUT2D eigenvalue weighted by Crippen LogP contribution is 2.23. The van der Waals surface area contributed by atoms with Crippen molar-refractivity contribution in [2.24, 2.45) is 5.92 Å². The monoisotopic (exact) mass is 265 g/mol. The molecule has 0 radical (unpaired) electrons. The molecule has 1 aromatic rings. The molecule has 3 heteroatoms. The number of thiophene rings is 1. The molecule has 1 saturated carbocycles. The van der Waals surface area contributed by atoms with Gasteiger partial charge in [-0.25, -0.2) is 0 Å². The minimum absolute atomic E-state index is 0.241. The van der Waals surface area contributed by atoms with Crippen LogP contribution in [-0.4, -0.2) is 11.9 Å². The fraction of sp³-hybridized carbons (Fsp3) is 0.667. The van der Waals surface area contributed by atoms with E-state index in [2.05, 4.69) is 29.8 Å². The van der Waals surface area contributed by atoms with Gasteiger partial charge in [0.25, 0.3) is 0 Å². The molecular weight excluding hydrogens is 242 g/mol. The van der Waals surface area contributed by atoms with Gasteiger partial charge in [-0.3, -0.25) is 4.79 Å². The highest BCUT2D eigenvalue weighted by molar-refractivity contribution is 7.09. The Labute approximate surface area is 114 Å². The molecule has 1 aromatic heterocycles. The van der Waals surface area contributed by atoms with Crippen LogP contribution >= 0.6 is 11.3 Å². The van der Waals surface area contributed by atoms with Crippen molar-refractivity contribution in [3.63, 3.8) is 0 Å². The van der Waals surface area contributed by atoms with Crippen LogP contribution in [-0.2, 0) is 11.2 Å². The van der Waals surface area contributed by atoms with Gasteiger partial charge in [0.15, 0.2) is 0 Å². The lowest BCUT2D eigenvalue weighted by Gasteiger charge is -2.27. The van der Waals surface area contributed by atoms with Crippen LogP contribution in [0.25, 0.3) is 0 Å². The van der Waals surface area contributed by atoms with Crippen LogP contribution in [0.2, 0.25) is 0 Å². The summed E-state index contributed by atoms with van der Waals surface area (Å²) in [4.78, 5) is 13.2. The van der Waals surface area contributed by atoms with Gasteiger partial charge in [0.1, 0.15) is 0 Å². The quantitative estimate of drug-likeness (QED) is 0.863. The zero-order valence-electron chi connectivity index (χ0n) is 11.2. The van der Waals surface area contributed by atoms with Crippen LogP contribution in [0.5, 0.6) is 0 Å².